The molecule has 0 saturated heterocycles. The summed E-state index contributed by atoms with van der Waals surface area (Å²) in [4.78, 5) is 12.1. The molecule has 0 spiro atoms. The molecule has 0 radical (unpaired) electrons. The number of nitrogens with one attached hydrogen (secondary N) is 1. The quantitative estimate of drug-likeness (QED) is 0.610. The number of alkyl halides is 1. The van der Waals surface area contributed by atoms with Crippen LogP contribution < -0.4 is 10.1 Å². The van der Waals surface area contributed by atoms with Gasteiger partial charge in [0, 0.05) is 17.5 Å². The molecule has 3 nitrogen and oxygen atoms in total. The van der Waals surface area contributed by atoms with Gasteiger partial charge in [-0.15, -0.1) is 11.6 Å². The van der Waals surface area contributed by atoms with E-state index in [9.17, 15) is 4.79 Å². The van der Waals surface area contributed by atoms with Crippen LogP contribution in [0.3, 0.4) is 0 Å². The lowest BCUT2D eigenvalue weighted by Gasteiger charge is -2.14. The van der Waals surface area contributed by atoms with Crippen molar-refractivity contribution >= 4 is 17.5 Å². The summed E-state index contributed by atoms with van der Waals surface area (Å²) in [6.07, 6.45) is 5.50. The topological polar surface area (TPSA) is 38.3 Å². The molecule has 1 aromatic rings. The molecule has 2 rings (SSSR count). The first-order valence-electron chi connectivity index (χ1n) is 7.86. The molecule has 4 heteroatoms. The zero-order valence-electron chi connectivity index (χ0n) is 12.6. The lowest BCUT2D eigenvalue weighted by Crippen LogP contribution is -2.31. The minimum atomic E-state index is -0.0362. The van der Waals surface area contributed by atoms with Crippen LogP contribution in [0.15, 0.2) is 24.3 Å². The fourth-order valence-electron chi connectivity index (χ4n) is 2.58. The lowest BCUT2D eigenvalue weighted by atomic mass is 10.1. The maximum Gasteiger partial charge on any atom is 0.251 e. The number of benzene rings is 1. The molecule has 1 fully saturated rings. The van der Waals surface area contributed by atoms with Gasteiger partial charge in [-0.05, 0) is 49.4 Å². The van der Waals surface area contributed by atoms with Crippen LogP contribution >= 0.6 is 11.6 Å². The molecule has 2 unspecified atom stereocenters. The second kappa shape index (κ2) is 8.28. The smallest absolute Gasteiger partial charge is 0.251 e. The largest absolute Gasteiger partial charge is 0.494 e. The second-order valence-electron chi connectivity index (χ2n) is 5.64. The fraction of sp³-hybridized carbons (Fsp3) is 0.588. The predicted octanol–water partition coefficient (Wildman–Crippen LogP) is 4.00. The summed E-state index contributed by atoms with van der Waals surface area (Å²) in [5.74, 6) is 1.19. The SMILES string of the molecule is CCCCOc1ccc(C(=O)NCC2CCCC2Cl)cc1. The van der Waals surface area contributed by atoms with Crippen LogP contribution in [0.2, 0.25) is 0 Å². The molecule has 1 aliphatic carbocycles. The first kappa shape index (κ1) is 16.2. The Hall–Kier alpha value is -1.22. The number of amides is 1. The van der Waals surface area contributed by atoms with Crippen LogP contribution in [0, 0.1) is 5.92 Å². The number of carbonyl (C=O) groups excluding carboxylic acids is 1. The van der Waals surface area contributed by atoms with Crippen molar-refractivity contribution in [2.24, 2.45) is 5.92 Å². The molecule has 2 atom stereocenters. The Bertz CT molecular complexity index is 447. The van der Waals surface area contributed by atoms with E-state index in [1.807, 2.05) is 24.3 Å². The van der Waals surface area contributed by atoms with Crippen LogP contribution in [-0.4, -0.2) is 24.4 Å². The number of carbonyl (C=O) groups is 1. The number of hydrogen-bond acceptors (Lipinski definition) is 2. The van der Waals surface area contributed by atoms with Gasteiger partial charge in [-0.2, -0.15) is 0 Å². The molecular formula is C17H24ClNO2. The van der Waals surface area contributed by atoms with Gasteiger partial charge in [0.15, 0.2) is 0 Å². The zero-order chi connectivity index (χ0) is 15.1. The summed E-state index contributed by atoms with van der Waals surface area (Å²) in [7, 11) is 0. The predicted molar refractivity (Wildman–Crippen MR) is 86.2 cm³/mol. The van der Waals surface area contributed by atoms with Crippen molar-refractivity contribution in [1.29, 1.82) is 0 Å². The Morgan fingerprint density at radius 1 is 1.33 bits per heavy atom. The van der Waals surface area contributed by atoms with Crippen molar-refractivity contribution in [3.63, 3.8) is 0 Å². The molecule has 1 amide bonds. The molecule has 1 saturated carbocycles. The highest BCUT2D eigenvalue weighted by atomic mass is 35.5. The van der Waals surface area contributed by atoms with E-state index in [4.69, 9.17) is 16.3 Å². The Morgan fingerprint density at radius 2 is 2.10 bits per heavy atom. The number of hydrogen-bond donors (Lipinski definition) is 1. The van der Waals surface area contributed by atoms with Gasteiger partial charge in [0.2, 0.25) is 0 Å². The van der Waals surface area contributed by atoms with Gasteiger partial charge in [0.05, 0.1) is 6.61 Å². The first-order chi connectivity index (χ1) is 10.2. The number of halogens is 1. The molecule has 0 bridgehead atoms. The van der Waals surface area contributed by atoms with E-state index in [-0.39, 0.29) is 11.3 Å². The van der Waals surface area contributed by atoms with E-state index in [1.165, 1.54) is 6.42 Å². The van der Waals surface area contributed by atoms with Gasteiger partial charge < -0.3 is 10.1 Å². The molecule has 1 aromatic carbocycles. The normalized spacial score (nSPS) is 21.2. The summed E-state index contributed by atoms with van der Waals surface area (Å²) in [5, 5.41) is 3.19. The zero-order valence-corrected chi connectivity index (χ0v) is 13.4. The van der Waals surface area contributed by atoms with Crippen LogP contribution in [0.1, 0.15) is 49.4 Å². The van der Waals surface area contributed by atoms with Crippen LogP contribution in [-0.2, 0) is 0 Å². The average Bonchev–Trinajstić information content (AvgIpc) is 2.91. The third kappa shape index (κ3) is 4.92. The van der Waals surface area contributed by atoms with Crippen molar-refractivity contribution in [2.45, 2.75) is 44.4 Å². The Kier molecular flexibility index (Phi) is 6.37. The van der Waals surface area contributed by atoms with Crippen molar-refractivity contribution < 1.29 is 9.53 Å². The molecule has 0 aromatic heterocycles. The summed E-state index contributed by atoms with van der Waals surface area (Å²) in [6.45, 7) is 3.52. The van der Waals surface area contributed by atoms with E-state index in [0.717, 1.165) is 38.0 Å². The van der Waals surface area contributed by atoms with Crippen molar-refractivity contribution in [3.05, 3.63) is 29.8 Å². The summed E-state index contributed by atoms with van der Waals surface area (Å²) < 4.78 is 5.59. The maximum absolute atomic E-state index is 12.1. The lowest BCUT2D eigenvalue weighted by molar-refractivity contribution is 0.0947. The summed E-state index contributed by atoms with van der Waals surface area (Å²) in [5.41, 5.74) is 0.668. The van der Waals surface area contributed by atoms with Gasteiger partial charge in [-0.3, -0.25) is 4.79 Å². The van der Waals surface area contributed by atoms with E-state index < -0.39 is 0 Å². The standard InChI is InChI=1S/C17H24ClNO2/c1-2-3-11-21-15-9-7-13(8-10-15)17(20)19-12-14-5-4-6-16(14)18/h7-10,14,16H,2-6,11-12H2,1H3,(H,19,20). The number of unbranched alkanes of at least 4 members (excludes halogenated alkanes) is 1. The molecule has 1 aliphatic rings. The highest BCUT2D eigenvalue weighted by Gasteiger charge is 2.25. The molecule has 0 aliphatic heterocycles. The van der Waals surface area contributed by atoms with E-state index in [1.54, 1.807) is 0 Å². The minimum Gasteiger partial charge on any atom is -0.494 e. The molecule has 0 heterocycles. The monoisotopic (exact) mass is 309 g/mol. The molecule has 1 N–H and O–H groups in total. The van der Waals surface area contributed by atoms with E-state index in [0.29, 0.717) is 18.0 Å². The Balaban J connectivity index is 1.79. The van der Waals surface area contributed by atoms with E-state index >= 15 is 0 Å². The third-order valence-corrected chi connectivity index (χ3v) is 4.55. The van der Waals surface area contributed by atoms with Gasteiger partial charge in [0.1, 0.15) is 5.75 Å². The fourth-order valence-corrected chi connectivity index (χ4v) is 2.95. The van der Waals surface area contributed by atoms with Crippen molar-refractivity contribution in [2.75, 3.05) is 13.2 Å². The van der Waals surface area contributed by atoms with Crippen molar-refractivity contribution in [3.8, 4) is 5.75 Å². The summed E-state index contributed by atoms with van der Waals surface area (Å²) >= 11 is 6.22. The van der Waals surface area contributed by atoms with Crippen LogP contribution in [0.5, 0.6) is 5.75 Å². The minimum absolute atomic E-state index is 0.0362. The van der Waals surface area contributed by atoms with E-state index in [2.05, 4.69) is 12.2 Å². The Labute approximate surface area is 132 Å². The van der Waals surface area contributed by atoms with Crippen LogP contribution in [0.25, 0.3) is 0 Å². The summed E-state index contributed by atoms with van der Waals surface area (Å²) in [6, 6.07) is 7.32. The third-order valence-electron chi connectivity index (χ3n) is 3.97. The van der Waals surface area contributed by atoms with Gasteiger partial charge >= 0.3 is 0 Å². The van der Waals surface area contributed by atoms with Crippen LogP contribution in [0.4, 0.5) is 0 Å². The maximum atomic E-state index is 12.1. The Morgan fingerprint density at radius 3 is 2.71 bits per heavy atom. The van der Waals surface area contributed by atoms with Gasteiger partial charge in [-0.1, -0.05) is 19.8 Å². The first-order valence-corrected chi connectivity index (χ1v) is 8.29. The average molecular weight is 310 g/mol. The highest BCUT2D eigenvalue weighted by Crippen LogP contribution is 2.29. The second-order valence-corrected chi connectivity index (χ2v) is 6.20. The molecule has 116 valence electrons. The number of rotatable bonds is 7. The van der Waals surface area contributed by atoms with Gasteiger partial charge in [-0.25, -0.2) is 0 Å². The number of ether oxygens (including phenoxy) is 1. The molecular weight excluding hydrogens is 286 g/mol. The van der Waals surface area contributed by atoms with Gasteiger partial charge in [0.25, 0.3) is 5.91 Å². The highest BCUT2D eigenvalue weighted by molar-refractivity contribution is 6.21. The molecule has 21 heavy (non-hydrogen) atoms. The van der Waals surface area contributed by atoms with Crippen molar-refractivity contribution in [1.82, 2.24) is 5.32 Å².